The van der Waals surface area contributed by atoms with Crippen LogP contribution in [0, 0.1) is 0 Å². The second-order valence-corrected chi connectivity index (χ2v) is 4.53. The molecule has 0 aliphatic rings. The van der Waals surface area contributed by atoms with Crippen molar-refractivity contribution in [2.45, 2.75) is 32.2 Å². The molecule has 0 aliphatic heterocycles. The largest absolute Gasteiger partial charge is 0.480 e. The van der Waals surface area contributed by atoms with E-state index in [9.17, 15) is 9.59 Å². The number of hydrogen-bond acceptors (Lipinski definition) is 3. The summed E-state index contributed by atoms with van der Waals surface area (Å²) in [5.74, 6) is -1.02. The van der Waals surface area contributed by atoms with E-state index in [1.54, 1.807) is 6.92 Å². The van der Waals surface area contributed by atoms with E-state index < -0.39 is 17.5 Å². The molecule has 6 heteroatoms. The highest BCUT2D eigenvalue weighted by atomic mass is 16.4. The topological polar surface area (TPSA) is 81.7 Å². The lowest BCUT2D eigenvalue weighted by atomic mass is 10.00. The number of hydrogen-bond donors (Lipinski definition) is 3. The highest BCUT2D eigenvalue weighted by Crippen LogP contribution is 2.08. The van der Waals surface area contributed by atoms with Crippen molar-refractivity contribution < 1.29 is 14.7 Å². The van der Waals surface area contributed by atoms with Crippen LogP contribution in [-0.2, 0) is 4.79 Å². The van der Waals surface area contributed by atoms with E-state index in [1.165, 1.54) is 6.92 Å². The van der Waals surface area contributed by atoms with Crippen molar-refractivity contribution in [3.8, 4) is 0 Å². The van der Waals surface area contributed by atoms with Crippen molar-refractivity contribution in [1.82, 2.24) is 15.5 Å². The Hall–Kier alpha value is -1.30. The number of carboxylic acids is 1. The zero-order valence-electron chi connectivity index (χ0n) is 11.0. The van der Waals surface area contributed by atoms with Crippen LogP contribution in [0.3, 0.4) is 0 Å². The molecule has 1 unspecified atom stereocenters. The monoisotopic (exact) mass is 245 g/mol. The van der Waals surface area contributed by atoms with E-state index in [2.05, 4.69) is 10.6 Å². The lowest BCUT2D eigenvalue weighted by molar-refractivity contribution is -0.143. The smallest absolute Gasteiger partial charge is 0.329 e. The van der Waals surface area contributed by atoms with Gasteiger partial charge in [-0.25, -0.2) is 9.59 Å². The molecular weight excluding hydrogens is 222 g/mol. The Morgan fingerprint density at radius 3 is 2.35 bits per heavy atom. The molecule has 0 aromatic carbocycles. The molecule has 0 spiro atoms. The lowest BCUT2D eigenvalue weighted by Crippen LogP contribution is -2.55. The minimum atomic E-state index is -1.20. The second-order valence-electron chi connectivity index (χ2n) is 4.53. The summed E-state index contributed by atoms with van der Waals surface area (Å²) < 4.78 is 0. The van der Waals surface area contributed by atoms with Crippen LogP contribution in [0.2, 0.25) is 0 Å². The number of nitrogens with zero attached hydrogens (tertiary/aromatic N) is 1. The quantitative estimate of drug-likeness (QED) is 0.570. The first-order valence-electron chi connectivity index (χ1n) is 5.76. The summed E-state index contributed by atoms with van der Waals surface area (Å²) in [7, 11) is 3.91. The maximum Gasteiger partial charge on any atom is 0.329 e. The van der Waals surface area contributed by atoms with Gasteiger partial charge in [0, 0.05) is 6.54 Å². The van der Waals surface area contributed by atoms with Crippen molar-refractivity contribution in [3.05, 3.63) is 0 Å². The van der Waals surface area contributed by atoms with Crippen molar-refractivity contribution in [2.24, 2.45) is 0 Å². The standard InChI is InChI=1S/C11H23N3O3/c1-5-11(2,9(15)16)13-10(17)12-7-6-8-14(3)4/h5-8H2,1-4H3,(H,15,16)(H2,12,13,17). The normalized spacial score (nSPS) is 14.2. The zero-order chi connectivity index (χ0) is 13.5. The number of carboxylic acid groups (broad SMARTS) is 1. The molecule has 0 radical (unpaired) electrons. The summed E-state index contributed by atoms with van der Waals surface area (Å²) in [6, 6.07) is -0.435. The fourth-order valence-electron chi connectivity index (χ4n) is 1.19. The van der Waals surface area contributed by atoms with Gasteiger partial charge in [0.1, 0.15) is 5.54 Å². The molecule has 0 fully saturated rings. The summed E-state index contributed by atoms with van der Waals surface area (Å²) in [6.45, 7) is 4.63. The van der Waals surface area contributed by atoms with Gasteiger partial charge in [0.05, 0.1) is 0 Å². The fourth-order valence-corrected chi connectivity index (χ4v) is 1.19. The predicted molar refractivity (Wildman–Crippen MR) is 66.0 cm³/mol. The van der Waals surface area contributed by atoms with Gasteiger partial charge in [-0.2, -0.15) is 0 Å². The number of aliphatic carboxylic acids is 1. The van der Waals surface area contributed by atoms with E-state index in [0.29, 0.717) is 13.0 Å². The van der Waals surface area contributed by atoms with Crippen LogP contribution in [0.15, 0.2) is 0 Å². The third-order valence-corrected chi connectivity index (χ3v) is 2.64. The Kier molecular flexibility index (Phi) is 6.57. The van der Waals surface area contributed by atoms with Gasteiger partial charge in [-0.1, -0.05) is 6.92 Å². The highest BCUT2D eigenvalue weighted by Gasteiger charge is 2.32. The third-order valence-electron chi connectivity index (χ3n) is 2.64. The maximum absolute atomic E-state index is 11.5. The molecule has 0 bridgehead atoms. The minimum Gasteiger partial charge on any atom is -0.480 e. The molecule has 0 saturated heterocycles. The van der Waals surface area contributed by atoms with Gasteiger partial charge in [0.25, 0.3) is 0 Å². The van der Waals surface area contributed by atoms with Crippen molar-refractivity contribution in [3.63, 3.8) is 0 Å². The average molecular weight is 245 g/mol. The van der Waals surface area contributed by atoms with Gasteiger partial charge in [0.2, 0.25) is 0 Å². The van der Waals surface area contributed by atoms with Gasteiger partial charge in [-0.05, 0) is 40.4 Å². The van der Waals surface area contributed by atoms with Crippen LogP contribution in [0.25, 0.3) is 0 Å². The average Bonchev–Trinajstić information content (AvgIpc) is 2.23. The van der Waals surface area contributed by atoms with E-state index in [1.807, 2.05) is 19.0 Å². The maximum atomic E-state index is 11.5. The first-order chi connectivity index (χ1) is 7.81. The first-order valence-corrected chi connectivity index (χ1v) is 5.76. The van der Waals surface area contributed by atoms with Crippen LogP contribution in [-0.4, -0.2) is 54.7 Å². The molecule has 6 nitrogen and oxygen atoms in total. The van der Waals surface area contributed by atoms with Gasteiger partial charge in [0.15, 0.2) is 0 Å². The van der Waals surface area contributed by atoms with Crippen LogP contribution >= 0.6 is 0 Å². The number of amides is 2. The predicted octanol–water partition coefficient (Wildman–Crippen LogP) is 0.491. The Bertz CT molecular complexity index is 269. The highest BCUT2D eigenvalue weighted by molar-refractivity contribution is 5.85. The molecule has 0 aliphatic carbocycles. The summed E-state index contributed by atoms with van der Waals surface area (Å²) >= 11 is 0. The Morgan fingerprint density at radius 1 is 1.35 bits per heavy atom. The Balaban J connectivity index is 3.96. The van der Waals surface area contributed by atoms with Gasteiger partial charge >= 0.3 is 12.0 Å². The summed E-state index contributed by atoms with van der Waals surface area (Å²) in [6.07, 6.45) is 1.17. The van der Waals surface area contributed by atoms with Gasteiger partial charge in [-0.15, -0.1) is 0 Å². The Labute approximate surface area is 102 Å². The van der Waals surface area contributed by atoms with Crippen molar-refractivity contribution >= 4 is 12.0 Å². The lowest BCUT2D eigenvalue weighted by Gasteiger charge is -2.24. The molecule has 3 N–H and O–H groups in total. The fraction of sp³-hybridized carbons (Fsp3) is 0.818. The molecule has 1 atom stereocenters. The van der Waals surface area contributed by atoms with E-state index in [4.69, 9.17) is 5.11 Å². The zero-order valence-corrected chi connectivity index (χ0v) is 11.0. The van der Waals surface area contributed by atoms with Gasteiger partial charge in [-0.3, -0.25) is 0 Å². The van der Waals surface area contributed by atoms with Crippen molar-refractivity contribution in [2.75, 3.05) is 27.2 Å². The van der Waals surface area contributed by atoms with E-state index in [-0.39, 0.29) is 0 Å². The minimum absolute atomic E-state index is 0.341. The van der Waals surface area contributed by atoms with Crippen LogP contribution in [0.4, 0.5) is 4.79 Å². The first kappa shape index (κ1) is 15.7. The summed E-state index contributed by atoms with van der Waals surface area (Å²) in [5, 5.41) is 14.1. The van der Waals surface area contributed by atoms with Crippen LogP contribution in [0.5, 0.6) is 0 Å². The molecule has 0 heterocycles. The Morgan fingerprint density at radius 2 is 1.94 bits per heavy atom. The molecule has 2 amide bonds. The number of carbonyl (C=O) groups excluding carboxylic acids is 1. The molecular formula is C11H23N3O3. The van der Waals surface area contributed by atoms with Gasteiger partial charge < -0.3 is 20.6 Å². The van der Waals surface area contributed by atoms with Crippen molar-refractivity contribution in [1.29, 1.82) is 0 Å². The second kappa shape index (κ2) is 7.11. The van der Waals surface area contributed by atoms with E-state index in [0.717, 1.165) is 13.0 Å². The summed E-state index contributed by atoms with van der Waals surface area (Å²) in [5.41, 5.74) is -1.20. The number of nitrogens with one attached hydrogen (secondary N) is 2. The van der Waals surface area contributed by atoms with Crippen LogP contribution < -0.4 is 10.6 Å². The molecule has 0 rings (SSSR count). The van der Waals surface area contributed by atoms with Crippen LogP contribution in [0.1, 0.15) is 26.7 Å². The number of urea groups is 1. The SMILES string of the molecule is CCC(C)(NC(=O)NCCCN(C)C)C(=O)O. The third kappa shape index (κ3) is 6.11. The number of rotatable bonds is 7. The number of carbonyl (C=O) groups is 2. The molecule has 100 valence electrons. The molecule has 0 saturated carbocycles. The molecule has 0 aromatic rings. The molecule has 17 heavy (non-hydrogen) atoms. The molecule has 0 aromatic heterocycles. The summed E-state index contributed by atoms with van der Waals surface area (Å²) in [4.78, 5) is 24.4. The van der Waals surface area contributed by atoms with E-state index >= 15 is 0 Å².